The third-order valence-corrected chi connectivity index (χ3v) is 13.4. The Hall–Kier alpha value is -4.31. The monoisotopic (exact) mass is 626 g/mol. The maximum absolute atomic E-state index is 14.9. The molecule has 0 amide bonds. The lowest BCUT2D eigenvalue weighted by Gasteiger charge is -2.64. The first-order chi connectivity index (χ1) is 23.3. The molecule has 0 unspecified atom stereocenters. The molecule has 3 aliphatic heterocycles. The molecule has 236 valence electrons. The van der Waals surface area contributed by atoms with Crippen molar-refractivity contribution in [3.05, 3.63) is 126 Å². The van der Waals surface area contributed by atoms with Crippen LogP contribution in [0, 0.1) is 29.5 Å². The zero-order valence-corrected chi connectivity index (χ0v) is 28.0. The topological polar surface area (TPSA) is 6.48 Å². The Morgan fingerprint density at radius 2 is 1.29 bits per heavy atom. The summed E-state index contributed by atoms with van der Waals surface area (Å²) in [6, 6.07) is 37.7. The first kappa shape index (κ1) is 27.6. The molecule has 0 N–H and O–H groups in total. The summed E-state index contributed by atoms with van der Waals surface area (Å²) in [4.78, 5) is 4.94. The van der Waals surface area contributed by atoms with Gasteiger partial charge in [-0.05, 0) is 137 Å². The van der Waals surface area contributed by atoms with Crippen molar-refractivity contribution in [2.75, 3.05) is 9.80 Å². The van der Waals surface area contributed by atoms with Crippen molar-refractivity contribution < 1.29 is 4.39 Å². The zero-order valence-electron chi connectivity index (χ0n) is 28.0. The van der Waals surface area contributed by atoms with Crippen molar-refractivity contribution in [3.8, 4) is 0 Å². The number of para-hydroxylation sites is 2. The first-order valence-electron chi connectivity index (χ1n) is 18.2. The van der Waals surface area contributed by atoms with E-state index < -0.39 is 0 Å². The second-order valence-corrected chi connectivity index (χ2v) is 16.8. The average Bonchev–Trinajstić information content (AvgIpc) is 3.08. The van der Waals surface area contributed by atoms with E-state index in [-0.39, 0.29) is 23.4 Å². The minimum Gasteiger partial charge on any atom is -0.311 e. The van der Waals surface area contributed by atoms with E-state index in [1.807, 2.05) is 12.1 Å². The summed E-state index contributed by atoms with van der Waals surface area (Å²) in [7, 11) is 0. The highest BCUT2D eigenvalue weighted by molar-refractivity contribution is 7.00. The predicted octanol–water partition coefficient (Wildman–Crippen LogP) is 9.26. The molecule has 1 spiro atoms. The number of fused-ring (bicyclic) bond motifs is 6. The zero-order chi connectivity index (χ0) is 32.1. The smallest absolute Gasteiger partial charge is 0.252 e. The highest BCUT2D eigenvalue weighted by atomic mass is 19.1. The highest BCUT2D eigenvalue weighted by Gasteiger charge is 2.62. The lowest BCUT2D eigenvalue weighted by atomic mass is 9.32. The van der Waals surface area contributed by atoms with E-state index in [0.717, 1.165) is 28.9 Å². The Kier molecular flexibility index (Phi) is 5.31. The maximum atomic E-state index is 14.9. The van der Waals surface area contributed by atoms with Gasteiger partial charge in [-0.25, -0.2) is 4.39 Å². The van der Waals surface area contributed by atoms with Gasteiger partial charge in [0.25, 0.3) is 6.71 Å². The molecule has 3 heterocycles. The fourth-order valence-electron chi connectivity index (χ4n) is 11.9. The third-order valence-electron chi connectivity index (χ3n) is 13.4. The van der Waals surface area contributed by atoms with Gasteiger partial charge in [-0.3, -0.25) is 0 Å². The van der Waals surface area contributed by atoms with Gasteiger partial charge in [0.1, 0.15) is 5.82 Å². The molecule has 0 radical (unpaired) electrons. The van der Waals surface area contributed by atoms with Crippen LogP contribution in [0.15, 0.2) is 103 Å². The van der Waals surface area contributed by atoms with E-state index in [2.05, 4.69) is 109 Å². The van der Waals surface area contributed by atoms with E-state index in [1.54, 1.807) is 23.3 Å². The van der Waals surface area contributed by atoms with Crippen LogP contribution < -0.4 is 26.2 Å². The summed E-state index contributed by atoms with van der Waals surface area (Å²) < 4.78 is 14.9. The van der Waals surface area contributed by atoms with Gasteiger partial charge in [0, 0.05) is 33.9 Å². The Morgan fingerprint density at radius 3 is 2.04 bits per heavy atom. The van der Waals surface area contributed by atoms with Crippen LogP contribution >= 0.6 is 0 Å². The number of anilines is 6. The van der Waals surface area contributed by atoms with Crippen molar-refractivity contribution in [1.29, 1.82) is 0 Å². The number of rotatable bonds is 1. The minimum atomic E-state index is -0.215. The van der Waals surface area contributed by atoms with Gasteiger partial charge in [-0.2, -0.15) is 0 Å². The second-order valence-electron chi connectivity index (χ2n) is 16.8. The van der Waals surface area contributed by atoms with Gasteiger partial charge >= 0.3 is 0 Å². The molecule has 0 atom stereocenters. The summed E-state index contributed by atoms with van der Waals surface area (Å²) in [6.45, 7) is 7.01. The van der Waals surface area contributed by atoms with Gasteiger partial charge in [0.15, 0.2) is 0 Å². The molecule has 48 heavy (non-hydrogen) atoms. The van der Waals surface area contributed by atoms with E-state index in [4.69, 9.17) is 0 Å². The molecule has 12 rings (SSSR count). The van der Waals surface area contributed by atoms with Gasteiger partial charge in [-0.1, -0.05) is 81.4 Å². The normalized spacial score (nSPS) is 26.7. The molecular formula is C44H40BFN2. The molecule has 4 heteroatoms. The fourth-order valence-corrected chi connectivity index (χ4v) is 11.9. The number of nitrogens with zero attached hydrogens (tertiary/aromatic N) is 2. The molecule has 4 bridgehead atoms. The molecule has 0 saturated heterocycles. The summed E-state index contributed by atoms with van der Waals surface area (Å²) in [5.74, 6) is 2.99. The number of benzene rings is 5. The molecule has 4 aliphatic carbocycles. The van der Waals surface area contributed by atoms with E-state index in [9.17, 15) is 4.39 Å². The summed E-state index contributed by atoms with van der Waals surface area (Å²) in [6.07, 6.45) is 6.94. The molecule has 2 nitrogen and oxygen atoms in total. The molecule has 5 aromatic rings. The summed E-state index contributed by atoms with van der Waals surface area (Å²) >= 11 is 0. The van der Waals surface area contributed by atoms with Gasteiger partial charge in [0.05, 0.1) is 5.69 Å². The third kappa shape index (κ3) is 3.34. The van der Waals surface area contributed by atoms with Crippen LogP contribution in [0.1, 0.15) is 69.6 Å². The molecular weight excluding hydrogens is 586 g/mol. The molecule has 7 aliphatic rings. The van der Waals surface area contributed by atoms with Crippen molar-refractivity contribution in [3.63, 3.8) is 0 Å². The van der Waals surface area contributed by atoms with Crippen LogP contribution in [0.4, 0.5) is 38.5 Å². The predicted molar refractivity (Wildman–Crippen MR) is 197 cm³/mol. The van der Waals surface area contributed by atoms with Crippen molar-refractivity contribution in [1.82, 2.24) is 0 Å². The maximum Gasteiger partial charge on any atom is 0.252 e. The second kappa shape index (κ2) is 9.23. The quantitative estimate of drug-likeness (QED) is 0.168. The van der Waals surface area contributed by atoms with Gasteiger partial charge < -0.3 is 9.80 Å². The van der Waals surface area contributed by atoms with Crippen molar-refractivity contribution in [2.45, 2.75) is 63.7 Å². The van der Waals surface area contributed by atoms with Crippen molar-refractivity contribution >= 4 is 57.2 Å². The Balaban J connectivity index is 1.24. The molecule has 5 aromatic carbocycles. The summed E-state index contributed by atoms with van der Waals surface area (Å²) in [5, 5.41) is 0. The number of hydrogen-bond donors (Lipinski definition) is 0. The Bertz CT molecular complexity index is 2170. The van der Waals surface area contributed by atoms with E-state index >= 15 is 0 Å². The Morgan fingerprint density at radius 1 is 0.625 bits per heavy atom. The Labute approximate surface area is 283 Å². The highest BCUT2D eigenvalue weighted by Crippen LogP contribution is 2.69. The molecule has 4 fully saturated rings. The van der Waals surface area contributed by atoms with Gasteiger partial charge in [-0.15, -0.1) is 0 Å². The van der Waals surface area contributed by atoms with Crippen molar-refractivity contribution in [2.24, 2.45) is 23.7 Å². The van der Waals surface area contributed by atoms with Crippen LogP contribution in [0.5, 0.6) is 0 Å². The van der Waals surface area contributed by atoms with Gasteiger partial charge in [0.2, 0.25) is 0 Å². The number of halogens is 1. The lowest BCUT2D eigenvalue weighted by Crippen LogP contribution is -2.64. The van der Waals surface area contributed by atoms with Crippen LogP contribution in [0.2, 0.25) is 0 Å². The van der Waals surface area contributed by atoms with Crippen LogP contribution in [0.3, 0.4) is 0 Å². The van der Waals surface area contributed by atoms with Crippen LogP contribution in [-0.2, 0) is 10.8 Å². The summed E-state index contributed by atoms with van der Waals surface area (Å²) in [5.41, 5.74) is 15.8. The molecule has 4 saturated carbocycles. The number of hydrogen-bond acceptors (Lipinski definition) is 2. The SMILES string of the molecule is CC(C)(C)c1ccc2c(c1)B1c3cccc4c3N(c3ccccc3C43C4CC5CC(C4)CC3C5)c3cccc(c31)N2c1cccc(F)c1. The van der Waals surface area contributed by atoms with E-state index in [1.165, 1.54) is 71.1 Å². The lowest BCUT2D eigenvalue weighted by molar-refractivity contribution is -0.0419. The van der Waals surface area contributed by atoms with E-state index in [0.29, 0.717) is 11.8 Å². The average molecular weight is 627 g/mol. The first-order valence-corrected chi connectivity index (χ1v) is 18.2. The largest absolute Gasteiger partial charge is 0.311 e. The fraction of sp³-hybridized carbons (Fsp3) is 0.318. The molecule has 0 aromatic heterocycles. The standard InChI is InChI=1S/C44H40BFN2/c1-43(2,3)28-17-18-38-36(24-28)45-35-13-7-12-34-42(35)48(40-16-8-15-39(41(40)45)47(38)32-10-6-9-31(46)25-32)37-14-5-4-11-33(37)44(34)29-20-26-19-27(22-29)23-30(44)21-26/h4-18,24-27,29-30H,19-23H2,1-3H3. The van der Waals surface area contributed by atoms with Crippen LogP contribution in [-0.4, -0.2) is 6.71 Å². The minimum absolute atomic E-state index is 0.00128. The van der Waals surface area contributed by atoms with Crippen LogP contribution in [0.25, 0.3) is 0 Å².